The second-order valence-corrected chi connectivity index (χ2v) is 6.90. The van der Waals surface area contributed by atoms with Crippen molar-refractivity contribution in [3.05, 3.63) is 88.4 Å². The van der Waals surface area contributed by atoms with Gasteiger partial charge in [0, 0.05) is 16.1 Å². The summed E-state index contributed by atoms with van der Waals surface area (Å²) in [6, 6.07) is 21.6. The number of amidine groups is 2. The summed E-state index contributed by atoms with van der Waals surface area (Å²) in [6.45, 7) is 2.14. The SMILES string of the molecule is CCc1ccc2c(c1)NC(c1ccc(Cl)cc1)=NC(c1ccc(OC)cc1)=N2. The van der Waals surface area contributed by atoms with Crippen LogP contribution in [0, 0.1) is 0 Å². The fourth-order valence-corrected chi connectivity index (χ4v) is 3.14. The van der Waals surface area contributed by atoms with Crippen LogP contribution in [0.15, 0.2) is 76.7 Å². The Hall–Kier alpha value is -3.11. The van der Waals surface area contributed by atoms with Crippen molar-refractivity contribution in [3.8, 4) is 5.75 Å². The number of halogens is 1. The van der Waals surface area contributed by atoms with Crippen molar-refractivity contribution in [2.75, 3.05) is 12.4 Å². The van der Waals surface area contributed by atoms with Crippen molar-refractivity contribution in [1.82, 2.24) is 0 Å². The van der Waals surface area contributed by atoms with Gasteiger partial charge in [-0.05, 0) is 72.6 Å². The van der Waals surface area contributed by atoms with Crippen LogP contribution in [0.25, 0.3) is 0 Å². The van der Waals surface area contributed by atoms with Crippen LogP contribution in [-0.2, 0) is 6.42 Å². The standard InChI is InChI=1S/C23H20ClN3O/c1-3-15-4-13-20-21(14-15)26-23(16-5-9-18(24)10-6-16)27-22(25-20)17-7-11-19(28-2)12-8-17/h4-14H,3H2,1-2H3,(H,25,26,27). The first-order valence-corrected chi connectivity index (χ1v) is 9.52. The molecule has 1 N–H and O–H groups in total. The van der Waals surface area contributed by atoms with Gasteiger partial charge in [0.2, 0.25) is 0 Å². The maximum absolute atomic E-state index is 6.06. The number of hydrogen-bond acceptors (Lipinski definition) is 4. The lowest BCUT2D eigenvalue weighted by Gasteiger charge is -2.11. The number of fused-ring (bicyclic) bond motifs is 1. The van der Waals surface area contributed by atoms with Gasteiger partial charge in [0.05, 0.1) is 18.5 Å². The second kappa shape index (κ2) is 7.87. The van der Waals surface area contributed by atoms with Gasteiger partial charge in [-0.1, -0.05) is 24.6 Å². The zero-order valence-electron chi connectivity index (χ0n) is 15.7. The minimum absolute atomic E-state index is 0.642. The number of benzene rings is 3. The third-order valence-electron chi connectivity index (χ3n) is 4.63. The number of nitrogens with one attached hydrogen (secondary N) is 1. The average Bonchev–Trinajstić information content (AvgIpc) is 2.93. The predicted octanol–water partition coefficient (Wildman–Crippen LogP) is 5.86. The maximum Gasteiger partial charge on any atom is 0.162 e. The number of rotatable bonds is 4. The number of aryl methyl sites for hydroxylation is 1. The Labute approximate surface area is 169 Å². The fraction of sp³-hybridized carbons (Fsp3) is 0.130. The van der Waals surface area contributed by atoms with Gasteiger partial charge in [0.25, 0.3) is 0 Å². The molecule has 3 aromatic rings. The topological polar surface area (TPSA) is 46.0 Å². The zero-order chi connectivity index (χ0) is 19.5. The molecule has 0 saturated heterocycles. The van der Waals surface area contributed by atoms with Crippen molar-refractivity contribution >= 4 is 34.6 Å². The van der Waals surface area contributed by atoms with Crippen molar-refractivity contribution in [2.45, 2.75) is 13.3 Å². The van der Waals surface area contributed by atoms with Crippen LogP contribution in [0.4, 0.5) is 11.4 Å². The molecule has 0 fully saturated rings. The summed E-state index contributed by atoms with van der Waals surface area (Å²) < 4.78 is 5.26. The van der Waals surface area contributed by atoms with E-state index < -0.39 is 0 Å². The molecule has 4 nitrogen and oxygen atoms in total. The van der Waals surface area contributed by atoms with E-state index in [9.17, 15) is 0 Å². The minimum Gasteiger partial charge on any atom is -0.497 e. The fourth-order valence-electron chi connectivity index (χ4n) is 3.01. The van der Waals surface area contributed by atoms with Gasteiger partial charge in [-0.2, -0.15) is 0 Å². The smallest absolute Gasteiger partial charge is 0.162 e. The quantitative estimate of drug-likeness (QED) is 0.607. The molecule has 0 unspecified atom stereocenters. The predicted molar refractivity (Wildman–Crippen MR) is 117 cm³/mol. The van der Waals surface area contributed by atoms with E-state index in [0.29, 0.717) is 10.9 Å². The molecule has 0 saturated carbocycles. The molecule has 1 aliphatic rings. The first-order valence-electron chi connectivity index (χ1n) is 9.14. The van der Waals surface area contributed by atoms with E-state index in [-0.39, 0.29) is 0 Å². The van der Waals surface area contributed by atoms with Crippen LogP contribution in [-0.4, -0.2) is 18.8 Å². The first-order chi connectivity index (χ1) is 13.7. The van der Waals surface area contributed by atoms with Crippen LogP contribution in [0.5, 0.6) is 5.75 Å². The van der Waals surface area contributed by atoms with Gasteiger partial charge in [-0.15, -0.1) is 0 Å². The number of ether oxygens (including phenoxy) is 1. The number of anilines is 1. The maximum atomic E-state index is 6.06. The number of aliphatic imine (C=N–C) groups is 2. The van der Waals surface area contributed by atoms with Crippen molar-refractivity contribution in [3.63, 3.8) is 0 Å². The largest absolute Gasteiger partial charge is 0.497 e. The molecular formula is C23H20ClN3O. The Morgan fingerprint density at radius 3 is 2.29 bits per heavy atom. The second-order valence-electron chi connectivity index (χ2n) is 6.46. The summed E-state index contributed by atoms with van der Waals surface area (Å²) in [5.74, 6) is 2.17. The van der Waals surface area contributed by atoms with E-state index in [1.807, 2.05) is 54.6 Å². The molecule has 5 heteroatoms. The molecule has 28 heavy (non-hydrogen) atoms. The highest BCUT2D eigenvalue weighted by Crippen LogP contribution is 2.31. The third kappa shape index (κ3) is 3.78. The Bertz CT molecular complexity index is 1050. The average molecular weight is 390 g/mol. The van der Waals surface area contributed by atoms with E-state index in [1.54, 1.807) is 7.11 Å². The molecule has 4 rings (SSSR count). The summed E-state index contributed by atoms with van der Waals surface area (Å²) in [5.41, 5.74) is 4.90. The molecule has 1 heterocycles. The van der Waals surface area contributed by atoms with Crippen LogP contribution < -0.4 is 10.1 Å². The zero-order valence-corrected chi connectivity index (χ0v) is 16.5. The lowest BCUT2D eigenvalue weighted by atomic mass is 10.1. The molecule has 0 amide bonds. The molecule has 0 radical (unpaired) electrons. The Balaban J connectivity index is 1.84. The van der Waals surface area contributed by atoms with Crippen molar-refractivity contribution in [2.24, 2.45) is 9.98 Å². The summed E-state index contributed by atoms with van der Waals surface area (Å²) in [5, 5.41) is 4.15. The summed E-state index contributed by atoms with van der Waals surface area (Å²) >= 11 is 6.06. The number of hydrogen-bond donors (Lipinski definition) is 1. The van der Waals surface area contributed by atoms with Gasteiger partial charge in [-0.25, -0.2) is 9.98 Å². The van der Waals surface area contributed by atoms with Crippen LogP contribution in [0.2, 0.25) is 5.02 Å². The highest BCUT2D eigenvalue weighted by Gasteiger charge is 2.16. The summed E-state index contributed by atoms with van der Waals surface area (Å²) in [6.07, 6.45) is 0.956. The number of methoxy groups -OCH3 is 1. The lowest BCUT2D eigenvalue weighted by Crippen LogP contribution is -2.15. The third-order valence-corrected chi connectivity index (χ3v) is 4.88. The molecule has 1 aliphatic heterocycles. The van der Waals surface area contributed by atoms with Gasteiger partial charge in [0.1, 0.15) is 11.6 Å². The van der Waals surface area contributed by atoms with Crippen LogP contribution >= 0.6 is 11.6 Å². The normalized spacial score (nSPS) is 13.0. The molecule has 3 aromatic carbocycles. The highest BCUT2D eigenvalue weighted by atomic mass is 35.5. The van der Waals surface area contributed by atoms with Gasteiger partial charge < -0.3 is 10.1 Å². The van der Waals surface area contributed by atoms with Gasteiger partial charge in [-0.3, -0.25) is 0 Å². The molecule has 0 aliphatic carbocycles. The monoisotopic (exact) mass is 389 g/mol. The number of nitrogens with zero attached hydrogens (tertiary/aromatic N) is 2. The van der Waals surface area contributed by atoms with Gasteiger partial charge in [0.15, 0.2) is 5.84 Å². The molecule has 140 valence electrons. The molecular weight excluding hydrogens is 370 g/mol. The lowest BCUT2D eigenvalue weighted by molar-refractivity contribution is 0.415. The Morgan fingerprint density at radius 1 is 0.893 bits per heavy atom. The van der Waals surface area contributed by atoms with E-state index in [0.717, 1.165) is 40.5 Å². The van der Waals surface area contributed by atoms with Crippen LogP contribution in [0.3, 0.4) is 0 Å². The molecule has 0 bridgehead atoms. The van der Waals surface area contributed by atoms with E-state index in [4.69, 9.17) is 26.3 Å². The van der Waals surface area contributed by atoms with E-state index in [2.05, 4.69) is 24.4 Å². The molecule has 0 atom stereocenters. The van der Waals surface area contributed by atoms with Crippen molar-refractivity contribution < 1.29 is 4.74 Å². The first kappa shape index (κ1) is 18.3. The Morgan fingerprint density at radius 2 is 1.61 bits per heavy atom. The molecule has 0 spiro atoms. The highest BCUT2D eigenvalue weighted by molar-refractivity contribution is 6.30. The minimum atomic E-state index is 0.642. The van der Waals surface area contributed by atoms with Crippen molar-refractivity contribution in [1.29, 1.82) is 0 Å². The summed E-state index contributed by atoms with van der Waals surface area (Å²) in [4.78, 5) is 9.68. The van der Waals surface area contributed by atoms with Gasteiger partial charge >= 0.3 is 0 Å². The van der Waals surface area contributed by atoms with E-state index in [1.165, 1.54) is 5.56 Å². The molecule has 0 aromatic heterocycles. The van der Waals surface area contributed by atoms with E-state index >= 15 is 0 Å². The Kier molecular flexibility index (Phi) is 5.13. The van der Waals surface area contributed by atoms with Crippen LogP contribution in [0.1, 0.15) is 23.6 Å². The summed E-state index contributed by atoms with van der Waals surface area (Å²) in [7, 11) is 1.65.